The largest absolute Gasteiger partial charge is 0.480 e. The first-order chi connectivity index (χ1) is 8.15. The lowest BCUT2D eigenvalue weighted by Gasteiger charge is -2.24. The van der Waals surface area contributed by atoms with E-state index in [1.54, 1.807) is 22.7 Å². The summed E-state index contributed by atoms with van der Waals surface area (Å²) in [6.45, 7) is 2.76. The fourth-order valence-electron chi connectivity index (χ4n) is 1.54. The van der Waals surface area contributed by atoms with Crippen molar-refractivity contribution in [3.05, 3.63) is 24.3 Å². The number of para-hydroxylation sites is 2. The number of benzene rings is 1. The van der Waals surface area contributed by atoms with Crippen LogP contribution < -0.4 is 10.6 Å². The minimum atomic E-state index is -0.838. The maximum Gasteiger partial charge on any atom is 0.323 e. The van der Waals surface area contributed by atoms with Gasteiger partial charge in [0.2, 0.25) is 0 Å². The monoisotopic (exact) mass is 254 g/mol. The van der Waals surface area contributed by atoms with Gasteiger partial charge < -0.3 is 15.7 Å². The maximum atomic E-state index is 10.8. The van der Waals surface area contributed by atoms with Crippen molar-refractivity contribution in [1.29, 1.82) is 0 Å². The Bertz CT molecular complexity index is 371. The molecule has 0 spiro atoms. The third-order valence-electron chi connectivity index (χ3n) is 2.31. The Kier molecular flexibility index (Phi) is 5.69. The van der Waals surface area contributed by atoms with Crippen LogP contribution in [-0.4, -0.2) is 35.7 Å². The third-order valence-corrected chi connectivity index (χ3v) is 3.19. The molecule has 0 amide bonds. The van der Waals surface area contributed by atoms with Gasteiger partial charge in [-0.3, -0.25) is 4.79 Å². The summed E-state index contributed by atoms with van der Waals surface area (Å²) in [5.41, 5.74) is 7.28. The van der Waals surface area contributed by atoms with Crippen LogP contribution in [0.25, 0.3) is 0 Å². The number of carboxylic acid groups (broad SMARTS) is 1. The molecule has 1 rings (SSSR count). The number of carboxylic acids is 1. The number of carbonyl (C=O) groups is 1. The molecule has 1 aromatic rings. The lowest BCUT2D eigenvalue weighted by atomic mass is 10.2. The van der Waals surface area contributed by atoms with Crippen LogP contribution in [0, 0.1) is 0 Å². The Morgan fingerprint density at radius 1 is 1.47 bits per heavy atom. The maximum absolute atomic E-state index is 10.8. The smallest absolute Gasteiger partial charge is 0.323 e. The Morgan fingerprint density at radius 2 is 2.18 bits per heavy atom. The molecule has 0 aliphatic rings. The van der Waals surface area contributed by atoms with Crippen molar-refractivity contribution in [3.8, 4) is 0 Å². The first kappa shape index (κ1) is 13.7. The highest BCUT2D eigenvalue weighted by molar-refractivity contribution is 7.99. The van der Waals surface area contributed by atoms with Crippen LogP contribution in [0.15, 0.2) is 24.3 Å². The van der Waals surface area contributed by atoms with E-state index in [0.717, 1.165) is 17.2 Å². The zero-order valence-electron chi connectivity index (χ0n) is 9.93. The summed E-state index contributed by atoms with van der Waals surface area (Å²) in [5, 5.41) is 8.90. The van der Waals surface area contributed by atoms with E-state index in [9.17, 15) is 4.79 Å². The summed E-state index contributed by atoms with van der Waals surface area (Å²) in [4.78, 5) is 12.6. The van der Waals surface area contributed by atoms with Gasteiger partial charge in [-0.05, 0) is 17.9 Å². The first-order valence-electron chi connectivity index (χ1n) is 5.54. The van der Waals surface area contributed by atoms with E-state index in [0.29, 0.717) is 12.2 Å². The molecule has 4 nitrogen and oxygen atoms in total. The average Bonchev–Trinajstić information content (AvgIpc) is 2.28. The zero-order valence-corrected chi connectivity index (χ0v) is 10.7. The Balaban J connectivity index is 2.75. The lowest BCUT2D eigenvalue weighted by Crippen LogP contribution is -2.32. The molecule has 0 aliphatic carbocycles. The summed E-state index contributed by atoms with van der Waals surface area (Å²) in [6, 6.07) is 7.36. The van der Waals surface area contributed by atoms with E-state index in [1.807, 2.05) is 18.2 Å². The molecule has 0 unspecified atom stereocenters. The van der Waals surface area contributed by atoms with E-state index in [-0.39, 0.29) is 6.54 Å². The Morgan fingerprint density at radius 3 is 2.76 bits per heavy atom. The molecule has 0 bridgehead atoms. The molecule has 0 atom stereocenters. The highest BCUT2D eigenvalue weighted by Gasteiger charge is 2.12. The van der Waals surface area contributed by atoms with Crippen molar-refractivity contribution in [1.82, 2.24) is 0 Å². The molecule has 0 radical (unpaired) electrons. The fraction of sp³-hybridized carbons (Fsp3) is 0.417. The highest BCUT2D eigenvalue weighted by Crippen LogP contribution is 2.22. The van der Waals surface area contributed by atoms with E-state index in [4.69, 9.17) is 10.8 Å². The molecule has 0 aliphatic heterocycles. The SMILES string of the molecule is CCSCCN(CC(=O)O)c1ccccc1N. The molecular weight excluding hydrogens is 236 g/mol. The van der Waals surface area contributed by atoms with Crippen molar-refractivity contribution in [2.45, 2.75) is 6.92 Å². The summed E-state index contributed by atoms with van der Waals surface area (Å²) < 4.78 is 0. The quantitative estimate of drug-likeness (QED) is 0.575. The van der Waals surface area contributed by atoms with Gasteiger partial charge in [-0.15, -0.1) is 0 Å². The van der Waals surface area contributed by atoms with Crippen LogP contribution in [0.3, 0.4) is 0 Å². The van der Waals surface area contributed by atoms with E-state index < -0.39 is 5.97 Å². The predicted molar refractivity (Wildman–Crippen MR) is 73.7 cm³/mol. The molecule has 1 aromatic carbocycles. The summed E-state index contributed by atoms with van der Waals surface area (Å²) in [6.07, 6.45) is 0. The molecule has 0 saturated carbocycles. The molecule has 3 N–H and O–H groups in total. The normalized spacial score (nSPS) is 10.2. The van der Waals surface area contributed by atoms with Crippen molar-refractivity contribution < 1.29 is 9.90 Å². The first-order valence-corrected chi connectivity index (χ1v) is 6.69. The predicted octanol–water partition coefficient (Wildman–Crippen LogP) is 1.91. The van der Waals surface area contributed by atoms with Gasteiger partial charge in [0.25, 0.3) is 0 Å². The van der Waals surface area contributed by atoms with E-state index in [1.165, 1.54) is 0 Å². The van der Waals surface area contributed by atoms with Crippen LogP contribution in [0.1, 0.15) is 6.92 Å². The van der Waals surface area contributed by atoms with Crippen molar-refractivity contribution in [3.63, 3.8) is 0 Å². The van der Waals surface area contributed by atoms with Crippen LogP contribution in [-0.2, 0) is 4.79 Å². The van der Waals surface area contributed by atoms with Gasteiger partial charge in [0.1, 0.15) is 6.54 Å². The van der Waals surface area contributed by atoms with Crippen molar-refractivity contribution >= 4 is 29.1 Å². The minimum absolute atomic E-state index is 0.0154. The van der Waals surface area contributed by atoms with Crippen molar-refractivity contribution in [2.75, 3.05) is 35.2 Å². The number of aliphatic carboxylic acids is 1. The second-order valence-electron chi connectivity index (χ2n) is 3.57. The molecule has 0 heterocycles. The number of anilines is 2. The summed E-state index contributed by atoms with van der Waals surface area (Å²) >= 11 is 1.79. The van der Waals surface area contributed by atoms with Gasteiger partial charge in [0, 0.05) is 12.3 Å². The van der Waals surface area contributed by atoms with Crippen LogP contribution in [0.4, 0.5) is 11.4 Å². The van der Waals surface area contributed by atoms with Crippen molar-refractivity contribution in [2.24, 2.45) is 0 Å². The third kappa shape index (κ3) is 4.56. The zero-order chi connectivity index (χ0) is 12.7. The molecule has 17 heavy (non-hydrogen) atoms. The fourth-order valence-corrected chi connectivity index (χ4v) is 2.18. The van der Waals surface area contributed by atoms with Gasteiger partial charge in [-0.2, -0.15) is 11.8 Å². The summed E-state index contributed by atoms with van der Waals surface area (Å²) in [7, 11) is 0. The number of nitrogens with zero attached hydrogens (tertiary/aromatic N) is 1. The number of rotatable bonds is 7. The molecule has 0 aromatic heterocycles. The molecular formula is C12H18N2O2S. The van der Waals surface area contributed by atoms with Crippen LogP contribution >= 0.6 is 11.8 Å². The van der Waals surface area contributed by atoms with E-state index >= 15 is 0 Å². The van der Waals surface area contributed by atoms with Gasteiger partial charge in [-0.1, -0.05) is 19.1 Å². The van der Waals surface area contributed by atoms with Gasteiger partial charge in [0.05, 0.1) is 11.4 Å². The summed E-state index contributed by atoms with van der Waals surface area (Å²) in [5.74, 6) is 1.10. The van der Waals surface area contributed by atoms with Gasteiger partial charge in [-0.25, -0.2) is 0 Å². The second kappa shape index (κ2) is 7.06. The Labute approximate surface area is 106 Å². The number of nitrogen functional groups attached to an aromatic ring is 1. The van der Waals surface area contributed by atoms with Crippen LogP contribution in [0.2, 0.25) is 0 Å². The number of hydrogen-bond donors (Lipinski definition) is 2. The molecule has 5 heteroatoms. The topological polar surface area (TPSA) is 66.6 Å². The molecule has 0 fully saturated rings. The second-order valence-corrected chi connectivity index (χ2v) is 4.96. The van der Waals surface area contributed by atoms with Gasteiger partial charge >= 0.3 is 5.97 Å². The molecule has 0 saturated heterocycles. The number of hydrogen-bond acceptors (Lipinski definition) is 4. The number of thioether (sulfide) groups is 1. The average molecular weight is 254 g/mol. The standard InChI is InChI=1S/C12H18N2O2S/c1-2-17-8-7-14(9-12(15)16)11-6-4-3-5-10(11)13/h3-6H,2,7-9,13H2,1H3,(H,15,16). The lowest BCUT2D eigenvalue weighted by molar-refractivity contribution is -0.135. The van der Waals surface area contributed by atoms with Gasteiger partial charge in [0.15, 0.2) is 0 Å². The highest BCUT2D eigenvalue weighted by atomic mass is 32.2. The minimum Gasteiger partial charge on any atom is -0.480 e. The Hall–Kier alpha value is -1.36. The number of nitrogens with two attached hydrogens (primary N) is 1. The molecule has 94 valence electrons. The van der Waals surface area contributed by atoms with Crippen LogP contribution in [0.5, 0.6) is 0 Å². The van der Waals surface area contributed by atoms with E-state index in [2.05, 4.69) is 6.92 Å².